The zero-order chi connectivity index (χ0) is 13.3. The van der Waals surface area contributed by atoms with Crippen LogP contribution in [0.3, 0.4) is 0 Å². The van der Waals surface area contributed by atoms with Crippen LogP contribution in [0.15, 0.2) is 0 Å². The standard InChI is InChI=1S/C15H28N2O/c1-3-5-6-7-8-11-18-14-9-10-15(12-14,13-16)17-4-2/h14,17H,3-12H2,1-2H3. The Kier molecular flexibility index (Phi) is 7.31. The van der Waals surface area contributed by atoms with Crippen molar-refractivity contribution in [3.8, 4) is 6.07 Å². The first-order valence-electron chi connectivity index (χ1n) is 7.54. The van der Waals surface area contributed by atoms with Crippen LogP contribution in [0.1, 0.15) is 65.2 Å². The molecule has 0 bridgehead atoms. The monoisotopic (exact) mass is 252 g/mol. The molecule has 1 fully saturated rings. The summed E-state index contributed by atoms with van der Waals surface area (Å²) in [6, 6.07) is 2.44. The Hall–Kier alpha value is -0.590. The molecule has 1 N–H and O–H groups in total. The van der Waals surface area contributed by atoms with Crippen LogP contribution in [0.4, 0.5) is 0 Å². The van der Waals surface area contributed by atoms with E-state index < -0.39 is 0 Å². The van der Waals surface area contributed by atoms with Gasteiger partial charge in [-0.25, -0.2) is 0 Å². The van der Waals surface area contributed by atoms with Crippen molar-refractivity contribution in [1.82, 2.24) is 5.32 Å². The van der Waals surface area contributed by atoms with Gasteiger partial charge in [0, 0.05) is 13.0 Å². The lowest BCUT2D eigenvalue weighted by Gasteiger charge is -2.21. The van der Waals surface area contributed by atoms with Gasteiger partial charge in [0.25, 0.3) is 0 Å². The van der Waals surface area contributed by atoms with Gasteiger partial charge >= 0.3 is 0 Å². The highest BCUT2D eigenvalue weighted by atomic mass is 16.5. The molecule has 1 rings (SSSR count). The van der Waals surface area contributed by atoms with Crippen LogP contribution in [-0.4, -0.2) is 24.8 Å². The lowest BCUT2D eigenvalue weighted by Crippen LogP contribution is -2.41. The maximum atomic E-state index is 9.27. The van der Waals surface area contributed by atoms with Crippen molar-refractivity contribution in [1.29, 1.82) is 5.26 Å². The fourth-order valence-corrected chi connectivity index (χ4v) is 2.74. The lowest BCUT2D eigenvalue weighted by molar-refractivity contribution is 0.0520. The number of unbranched alkanes of at least 4 members (excludes halogenated alkanes) is 4. The van der Waals surface area contributed by atoms with Gasteiger partial charge in [-0.05, 0) is 25.8 Å². The average Bonchev–Trinajstić information content (AvgIpc) is 2.78. The molecule has 2 atom stereocenters. The Morgan fingerprint density at radius 2 is 2.06 bits per heavy atom. The molecular weight excluding hydrogens is 224 g/mol. The lowest BCUT2D eigenvalue weighted by atomic mass is 10.00. The van der Waals surface area contributed by atoms with Gasteiger partial charge in [-0.3, -0.25) is 5.32 Å². The van der Waals surface area contributed by atoms with Gasteiger partial charge < -0.3 is 4.74 Å². The summed E-state index contributed by atoms with van der Waals surface area (Å²) in [5.74, 6) is 0. The Morgan fingerprint density at radius 3 is 2.72 bits per heavy atom. The largest absolute Gasteiger partial charge is 0.378 e. The van der Waals surface area contributed by atoms with Crippen LogP contribution < -0.4 is 5.32 Å². The molecule has 104 valence electrons. The number of ether oxygens (including phenoxy) is 1. The first kappa shape index (κ1) is 15.5. The summed E-state index contributed by atoms with van der Waals surface area (Å²) in [5, 5.41) is 12.6. The summed E-state index contributed by atoms with van der Waals surface area (Å²) in [4.78, 5) is 0. The van der Waals surface area contributed by atoms with Crippen LogP contribution in [0.25, 0.3) is 0 Å². The number of rotatable bonds is 9. The molecule has 3 heteroatoms. The fraction of sp³-hybridized carbons (Fsp3) is 0.933. The molecule has 2 unspecified atom stereocenters. The Balaban J connectivity index is 2.13. The minimum atomic E-state index is -0.318. The minimum absolute atomic E-state index is 0.287. The van der Waals surface area contributed by atoms with Gasteiger partial charge in [-0.1, -0.05) is 39.5 Å². The average molecular weight is 252 g/mol. The zero-order valence-corrected chi connectivity index (χ0v) is 12.0. The van der Waals surface area contributed by atoms with E-state index in [1.165, 1.54) is 25.7 Å². The molecule has 0 radical (unpaired) electrons. The highest BCUT2D eigenvalue weighted by Crippen LogP contribution is 2.31. The zero-order valence-electron chi connectivity index (χ0n) is 12.0. The van der Waals surface area contributed by atoms with Crippen molar-refractivity contribution in [2.45, 2.75) is 76.9 Å². The number of hydrogen-bond donors (Lipinski definition) is 1. The van der Waals surface area contributed by atoms with Crippen molar-refractivity contribution in [2.24, 2.45) is 0 Å². The molecule has 1 aliphatic carbocycles. The smallest absolute Gasteiger partial charge is 0.109 e. The van der Waals surface area contributed by atoms with E-state index in [1.807, 2.05) is 0 Å². The maximum Gasteiger partial charge on any atom is 0.109 e. The summed E-state index contributed by atoms with van der Waals surface area (Å²) in [6.45, 7) is 6.01. The van der Waals surface area contributed by atoms with Crippen molar-refractivity contribution >= 4 is 0 Å². The molecule has 0 aromatic rings. The third-order valence-electron chi connectivity index (χ3n) is 3.80. The molecular formula is C15H28N2O. The van der Waals surface area contributed by atoms with Crippen LogP contribution in [0.5, 0.6) is 0 Å². The van der Waals surface area contributed by atoms with Crippen LogP contribution in [-0.2, 0) is 4.74 Å². The van der Waals surface area contributed by atoms with Crippen LogP contribution >= 0.6 is 0 Å². The number of nitrogens with zero attached hydrogens (tertiary/aromatic N) is 1. The highest BCUT2D eigenvalue weighted by molar-refractivity contribution is 5.12. The second kappa shape index (κ2) is 8.50. The van der Waals surface area contributed by atoms with Gasteiger partial charge in [0.1, 0.15) is 5.54 Å². The fourth-order valence-electron chi connectivity index (χ4n) is 2.74. The highest BCUT2D eigenvalue weighted by Gasteiger charge is 2.39. The van der Waals surface area contributed by atoms with E-state index in [0.29, 0.717) is 0 Å². The van der Waals surface area contributed by atoms with E-state index in [1.54, 1.807) is 0 Å². The van der Waals surface area contributed by atoms with Gasteiger partial charge in [0.05, 0.1) is 12.2 Å². The predicted octanol–water partition coefficient (Wildman–Crippen LogP) is 3.40. The number of hydrogen-bond acceptors (Lipinski definition) is 3. The SMILES string of the molecule is CCCCCCCOC1CCC(C#N)(NCC)C1. The quantitative estimate of drug-likeness (QED) is 0.640. The van der Waals surface area contributed by atoms with E-state index >= 15 is 0 Å². The number of nitriles is 1. The van der Waals surface area contributed by atoms with Crippen molar-refractivity contribution in [3.63, 3.8) is 0 Å². The predicted molar refractivity (Wildman–Crippen MR) is 74.4 cm³/mol. The first-order valence-corrected chi connectivity index (χ1v) is 7.54. The Labute approximate surface area is 112 Å². The third-order valence-corrected chi connectivity index (χ3v) is 3.80. The van der Waals surface area contributed by atoms with E-state index in [9.17, 15) is 5.26 Å². The van der Waals surface area contributed by atoms with Crippen molar-refractivity contribution in [2.75, 3.05) is 13.2 Å². The molecule has 1 aliphatic rings. The summed E-state index contributed by atoms with van der Waals surface area (Å²) < 4.78 is 5.90. The molecule has 0 aromatic carbocycles. The van der Waals surface area contributed by atoms with Crippen LogP contribution in [0.2, 0.25) is 0 Å². The molecule has 0 saturated heterocycles. The third kappa shape index (κ3) is 4.96. The summed E-state index contributed by atoms with van der Waals surface area (Å²) in [6.07, 6.45) is 9.48. The van der Waals surface area contributed by atoms with Gasteiger partial charge in [-0.2, -0.15) is 5.26 Å². The molecule has 0 heterocycles. The molecule has 0 amide bonds. The van der Waals surface area contributed by atoms with E-state index in [4.69, 9.17) is 4.74 Å². The molecule has 0 aromatic heterocycles. The van der Waals surface area contributed by atoms with Gasteiger partial charge in [-0.15, -0.1) is 0 Å². The van der Waals surface area contributed by atoms with E-state index in [-0.39, 0.29) is 11.6 Å². The normalized spacial score (nSPS) is 27.3. The van der Waals surface area contributed by atoms with Crippen molar-refractivity contribution < 1.29 is 4.74 Å². The summed E-state index contributed by atoms with van der Waals surface area (Å²) in [7, 11) is 0. The minimum Gasteiger partial charge on any atom is -0.378 e. The van der Waals surface area contributed by atoms with E-state index in [2.05, 4.69) is 25.2 Å². The second-order valence-corrected chi connectivity index (χ2v) is 5.37. The number of nitrogens with one attached hydrogen (secondary N) is 1. The second-order valence-electron chi connectivity index (χ2n) is 5.37. The van der Waals surface area contributed by atoms with Gasteiger partial charge in [0.15, 0.2) is 0 Å². The Morgan fingerprint density at radius 1 is 1.28 bits per heavy atom. The Bertz CT molecular complexity index is 262. The van der Waals surface area contributed by atoms with Gasteiger partial charge in [0.2, 0.25) is 0 Å². The topological polar surface area (TPSA) is 45.0 Å². The molecule has 0 aliphatic heterocycles. The first-order chi connectivity index (χ1) is 8.76. The summed E-state index contributed by atoms with van der Waals surface area (Å²) >= 11 is 0. The molecule has 18 heavy (non-hydrogen) atoms. The summed E-state index contributed by atoms with van der Waals surface area (Å²) in [5.41, 5.74) is -0.318. The van der Waals surface area contributed by atoms with Crippen LogP contribution in [0, 0.1) is 11.3 Å². The van der Waals surface area contributed by atoms with E-state index in [0.717, 1.165) is 38.8 Å². The van der Waals surface area contributed by atoms with Crippen molar-refractivity contribution in [3.05, 3.63) is 0 Å². The molecule has 0 spiro atoms. The molecule has 1 saturated carbocycles. The maximum absolute atomic E-state index is 9.27. The molecule has 3 nitrogen and oxygen atoms in total.